The van der Waals surface area contributed by atoms with Crippen LogP contribution in [-0.2, 0) is 6.61 Å². The third-order valence-electron chi connectivity index (χ3n) is 2.90. The summed E-state index contributed by atoms with van der Waals surface area (Å²) in [4.78, 5) is 1.95. The molecule has 0 fully saturated rings. The molecule has 0 aliphatic carbocycles. The Morgan fingerprint density at radius 2 is 1.95 bits per heavy atom. The predicted molar refractivity (Wildman–Crippen MR) is 80.9 cm³/mol. The van der Waals surface area contributed by atoms with Crippen LogP contribution in [0.15, 0.2) is 36.4 Å². The zero-order valence-corrected chi connectivity index (χ0v) is 12.1. The van der Waals surface area contributed by atoms with E-state index in [4.69, 9.17) is 22.1 Å². The number of hydrogen-bond acceptors (Lipinski definition) is 3. The van der Waals surface area contributed by atoms with Gasteiger partial charge in [0.05, 0.1) is 5.69 Å². The number of benzene rings is 2. The second-order valence-electron chi connectivity index (χ2n) is 4.64. The Morgan fingerprint density at radius 1 is 1.20 bits per heavy atom. The molecule has 0 aliphatic heterocycles. The summed E-state index contributed by atoms with van der Waals surface area (Å²) < 4.78 is 18.8. The first-order valence-corrected chi connectivity index (χ1v) is 6.49. The second kappa shape index (κ2) is 6.01. The fourth-order valence-electron chi connectivity index (χ4n) is 1.74. The molecule has 0 heterocycles. The van der Waals surface area contributed by atoms with Crippen molar-refractivity contribution in [1.82, 2.24) is 0 Å². The van der Waals surface area contributed by atoms with E-state index in [2.05, 4.69) is 0 Å². The van der Waals surface area contributed by atoms with E-state index in [0.717, 1.165) is 5.69 Å². The minimum atomic E-state index is -0.344. The van der Waals surface area contributed by atoms with Gasteiger partial charge in [-0.15, -0.1) is 0 Å². The minimum absolute atomic E-state index is 0.164. The lowest BCUT2D eigenvalue weighted by Gasteiger charge is -2.16. The fourth-order valence-corrected chi connectivity index (χ4v) is 1.91. The summed E-state index contributed by atoms with van der Waals surface area (Å²) in [6, 6.07) is 9.69. The Morgan fingerprint density at radius 3 is 2.65 bits per heavy atom. The van der Waals surface area contributed by atoms with Crippen molar-refractivity contribution in [2.45, 2.75) is 6.61 Å². The molecule has 106 valence electrons. The molecule has 2 aromatic carbocycles. The summed E-state index contributed by atoms with van der Waals surface area (Å²) in [5, 5.41) is 0.466. The number of halogens is 2. The Kier molecular flexibility index (Phi) is 4.35. The first-order chi connectivity index (χ1) is 9.47. The summed E-state index contributed by atoms with van der Waals surface area (Å²) in [5.74, 6) is 0.208. The van der Waals surface area contributed by atoms with Gasteiger partial charge in [0, 0.05) is 36.4 Å². The van der Waals surface area contributed by atoms with E-state index in [-0.39, 0.29) is 12.4 Å². The summed E-state index contributed by atoms with van der Waals surface area (Å²) >= 11 is 6.00. The van der Waals surface area contributed by atoms with Gasteiger partial charge in [-0.2, -0.15) is 0 Å². The molecular weight excluding hydrogens is 279 g/mol. The smallest absolute Gasteiger partial charge is 0.144 e. The maximum atomic E-state index is 13.2. The summed E-state index contributed by atoms with van der Waals surface area (Å²) in [7, 11) is 3.86. The molecule has 0 saturated carbocycles. The number of hydrogen-bond donors (Lipinski definition) is 1. The zero-order chi connectivity index (χ0) is 14.7. The van der Waals surface area contributed by atoms with Gasteiger partial charge < -0.3 is 15.4 Å². The van der Waals surface area contributed by atoms with E-state index >= 15 is 0 Å². The average Bonchev–Trinajstić information content (AvgIpc) is 2.41. The molecule has 0 spiro atoms. The van der Waals surface area contributed by atoms with Crippen LogP contribution in [0.1, 0.15) is 5.56 Å². The van der Waals surface area contributed by atoms with E-state index in [1.807, 2.05) is 31.1 Å². The van der Waals surface area contributed by atoms with Crippen LogP contribution in [0.3, 0.4) is 0 Å². The first kappa shape index (κ1) is 14.5. The van der Waals surface area contributed by atoms with Crippen LogP contribution in [0.5, 0.6) is 5.75 Å². The van der Waals surface area contributed by atoms with Crippen molar-refractivity contribution in [2.75, 3.05) is 24.7 Å². The molecule has 2 aromatic rings. The molecule has 0 aliphatic rings. The van der Waals surface area contributed by atoms with E-state index in [0.29, 0.717) is 22.0 Å². The van der Waals surface area contributed by atoms with Crippen molar-refractivity contribution in [3.63, 3.8) is 0 Å². The molecule has 20 heavy (non-hydrogen) atoms. The van der Waals surface area contributed by atoms with Crippen molar-refractivity contribution in [3.8, 4) is 5.75 Å². The molecule has 0 saturated heterocycles. The number of nitrogen functional groups attached to an aromatic ring is 1. The van der Waals surface area contributed by atoms with Gasteiger partial charge >= 0.3 is 0 Å². The van der Waals surface area contributed by atoms with Crippen LogP contribution in [0.2, 0.25) is 5.02 Å². The Bertz CT molecular complexity index is 617. The fraction of sp³-hybridized carbons (Fsp3) is 0.200. The van der Waals surface area contributed by atoms with Gasteiger partial charge in [0.15, 0.2) is 0 Å². The van der Waals surface area contributed by atoms with Gasteiger partial charge in [0.25, 0.3) is 0 Å². The molecular formula is C15H16ClFN2O. The molecule has 0 bridgehead atoms. The molecule has 2 N–H and O–H groups in total. The standard InChI is InChI=1S/C15H16ClFN2O/c1-19(2)12-4-6-14(18)15(8-12)20-9-10-7-11(17)3-5-13(10)16/h3-8H,9,18H2,1-2H3. The van der Waals surface area contributed by atoms with Gasteiger partial charge in [-0.25, -0.2) is 4.39 Å². The lowest BCUT2D eigenvalue weighted by Crippen LogP contribution is -2.09. The topological polar surface area (TPSA) is 38.5 Å². The molecule has 5 heteroatoms. The van der Waals surface area contributed by atoms with Crippen LogP contribution in [0.25, 0.3) is 0 Å². The minimum Gasteiger partial charge on any atom is -0.487 e. The molecule has 0 radical (unpaired) electrons. The van der Waals surface area contributed by atoms with Crippen LogP contribution in [0.4, 0.5) is 15.8 Å². The third-order valence-corrected chi connectivity index (χ3v) is 3.27. The lowest BCUT2D eigenvalue weighted by atomic mass is 10.2. The van der Waals surface area contributed by atoms with Crippen LogP contribution in [0, 0.1) is 5.82 Å². The van der Waals surface area contributed by atoms with Crippen LogP contribution >= 0.6 is 11.6 Å². The first-order valence-electron chi connectivity index (χ1n) is 6.11. The Balaban J connectivity index is 2.18. The van der Waals surface area contributed by atoms with Gasteiger partial charge in [-0.1, -0.05) is 11.6 Å². The normalized spacial score (nSPS) is 10.4. The monoisotopic (exact) mass is 294 g/mol. The highest BCUT2D eigenvalue weighted by Gasteiger charge is 2.07. The number of rotatable bonds is 4. The number of ether oxygens (including phenoxy) is 1. The summed E-state index contributed by atoms with van der Waals surface area (Å²) in [6.07, 6.45) is 0. The maximum absolute atomic E-state index is 13.2. The quantitative estimate of drug-likeness (QED) is 0.874. The summed E-state index contributed by atoms with van der Waals surface area (Å²) in [6.45, 7) is 0.164. The van der Waals surface area contributed by atoms with Crippen molar-refractivity contribution in [1.29, 1.82) is 0 Å². The highest BCUT2D eigenvalue weighted by atomic mass is 35.5. The maximum Gasteiger partial charge on any atom is 0.144 e. The molecule has 2 rings (SSSR count). The van der Waals surface area contributed by atoms with Gasteiger partial charge in [-0.05, 0) is 30.3 Å². The van der Waals surface area contributed by atoms with Crippen molar-refractivity contribution < 1.29 is 9.13 Å². The Labute approximate surface area is 122 Å². The average molecular weight is 295 g/mol. The molecule has 0 atom stereocenters. The predicted octanol–water partition coefficient (Wildman–Crippen LogP) is 3.71. The van der Waals surface area contributed by atoms with E-state index in [1.54, 1.807) is 6.07 Å². The SMILES string of the molecule is CN(C)c1ccc(N)c(OCc2cc(F)ccc2Cl)c1. The van der Waals surface area contributed by atoms with Gasteiger partial charge in [-0.3, -0.25) is 0 Å². The highest BCUT2D eigenvalue weighted by molar-refractivity contribution is 6.31. The molecule has 0 unspecified atom stereocenters. The lowest BCUT2D eigenvalue weighted by molar-refractivity contribution is 0.307. The van der Waals surface area contributed by atoms with E-state index in [9.17, 15) is 4.39 Å². The van der Waals surface area contributed by atoms with Gasteiger partial charge in [0.1, 0.15) is 18.2 Å². The molecule has 0 aromatic heterocycles. The van der Waals surface area contributed by atoms with Crippen molar-refractivity contribution in [3.05, 3.63) is 52.8 Å². The largest absolute Gasteiger partial charge is 0.487 e. The van der Waals surface area contributed by atoms with E-state index < -0.39 is 0 Å². The van der Waals surface area contributed by atoms with Crippen molar-refractivity contribution >= 4 is 23.0 Å². The number of nitrogens with zero attached hydrogens (tertiary/aromatic N) is 1. The van der Waals surface area contributed by atoms with Gasteiger partial charge in [0.2, 0.25) is 0 Å². The highest BCUT2D eigenvalue weighted by Crippen LogP contribution is 2.28. The second-order valence-corrected chi connectivity index (χ2v) is 5.05. The van der Waals surface area contributed by atoms with Crippen LogP contribution in [-0.4, -0.2) is 14.1 Å². The van der Waals surface area contributed by atoms with Crippen LogP contribution < -0.4 is 15.4 Å². The zero-order valence-electron chi connectivity index (χ0n) is 11.4. The number of nitrogens with two attached hydrogens (primary N) is 1. The van der Waals surface area contributed by atoms with E-state index in [1.165, 1.54) is 18.2 Å². The summed E-state index contributed by atoms with van der Waals surface area (Å²) in [5.41, 5.74) is 7.96. The molecule has 0 amide bonds. The third kappa shape index (κ3) is 3.33. The van der Waals surface area contributed by atoms with Crippen molar-refractivity contribution in [2.24, 2.45) is 0 Å². The molecule has 3 nitrogen and oxygen atoms in total. The number of anilines is 2. The Hall–Kier alpha value is -1.94.